The lowest BCUT2D eigenvalue weighted by molar-refractivity contribution is 0.102. The van der Waals surface area contributed by atoms with Gasteiger partial charge < -0.3 is 10.0 Å². The Morgan fingerprint density at radius 1 is 1.23 bits per heavy atom. The number of nitrogens with zero attached hydrogens (tertiary/aromatic N) is 2. The van der Waals surface area contributed by atoms with Gasteiger partial charge in [0, 0.05) is 24.9 Å². The molecule has 1 fully saturated rings. The van der Waals surface area contributed by atoms with E-state index in [9.17, 15) is 9.90 Å². The highest BCUT2D eigenvalue weighted by Gasteiger charge is 2.36. The van der Waals surface area contributed by atoms with E-state index in [1.54, 1.807) is 6.20 Å². The smallest absolute Gasteiger partial charge is 0.413 e. The maximum atomic E-state index is 11.8. The normalized spacial score (nSPS) is 21.6. The summed E-state index contributed by atoms with van der Waals surface area (Å²) in [5.41, 5.74) is 3.77. The predicted octanol–water partition coefficient (Wildman–Crippen LogP) is 5.47. The van der Waals surface area contributed by atoms with Crippen LogP contribution in [0.25, 0.3) is 0 Å². The van der Waals surface area contributed by atoms with Crippen LogP contribution in [0.2, 0.25) is 0 Å². The number of rotatable bonds is 6. The number of aryl methyl sites for hydroxylation is 1. The fourth-order valence-electron chi connectivity index (χ4n) is 4.69. The molecule has 2 aliphatic rings. The fraction of sp³-hybridized carbons (Fsp3) is 0.591. The minimum Gasteiger partial charge on any atom is -0.465 e. The second-order valence-corrected chi connectivity index (χ2v) is 8.01. The molecule has 1 aromatic carbocycles. The van der Waals surface area contributed by atoms with E-state index >= 15 is 0 Å². The van der Waals surface area contributed by atoms with Gasteiger partial charge in [-0.3, -0.25) is 4.90 Å². The molecule has 1 saturated carbocycles. The third kappa shape index (κ3) is 3.89. The van der Waals surface area contributed by atoms with E-state index in [-0.39, 0.29) is 12.1 Å². The summed E-state index contributed by atoms with van der Waals surface area (Å²) in [5, 5.41) is 9.67. The van der Waals surface area contributed by atoms with E-state index in [0.717, 1.165) is 18.9 Å². The Balaban J connectivity index is 1.72. The molecule has 1 aromatic rings. The van der Waals surface area contributed by atoms with Crippen molar-refractivity contribution in [2.75, 3.05) is 6.54 Å². The molecule has 0 spiro atoms. The van der Waals surface area contributed by atoms with Gasteiger partial charge in [0.05, 0.1) is 0 Å². The van der Waals surface area contributed by atoms with E-state index < -0.39 is 6.09 Å². The maximum Gasteiger partial charge on any atom is 0.413 e. The molecule has 142 valence electrons. The highest BCUT2D eigenvalue weighted by molar-refractivity contribution is 5.67. The van der Waals surface area contributed by atoms with E-state index in [4.69, 9.17) is 0 Å². The zero-order valence-electron chi connectivity index (χ0n) is 16.3. The van der Waals surface area contributed by atoms with Crippen LogP contribution in [-0.4, -0.2) is 33.7 Å². The molecule has 3 rings (SSSR count). The standard InChI is InChI=1S/C22H32N2O2/c1-16-8-6-12-20(17(16)2)18(3)21-23(14-15-24(21)22(25)26)13-7-11-19-9-4-5-10-19/h6,8,12,14-15,18-19,21H,4-5,7,9-11,13H2,1-3H3,(H,25,26)/t18-,21?/m0/s1. The summed E-state index contributed by atoms with van der Waals surface area (Å²) >= 11 is 0. The summed E-state index contributed by atoms with van der Waals surface area (Å²) in [6.45, 7) is 7.34. The summed E-state index contributed by atoms with van der Waals surface area (Å²) in [4.78, 5) is 15.5. The van der Waals surface area contributed by atoms with Crippen molar-refractivity contribution in [3.8, 4) is 0 Å². The Bertz CT molecular complexity index is 664. The lowest BCUT2D eigenvalue weighted by Crippen LogP contribution is -2.45. The van der Waals surface area contributed by atoms with Crippen LogP contribution in [0.1, 0.15) is 68.1 Å². The zero-order chi connectivity index (χ0) is 18.7. The van der Waals surface area contributed by atoms with E-state index in [0.29, 0.717) is 0 Å². The fourth-order valence-corrected chi connectivity index (χ4v) is 4.69. The van der Waals surface area contributed by atoms with E-state index in [1.165, 1.54) is 53.7 Å². The number of hydrogen-bond donors (Lipinski definition) is 1. The first-order valence-electron chi connectivity index (χ1n) is 10.0. The Morgan fingerprint density at radius 3 is 2.65 bits per heavy atom. The molecule has 1 amide bonds. The van der Waals surface area contributed by atoms with Crippen LogP contribution in [0, 0.1) is 19.8 Å². The first-order valence-corrected chi connectivity index (χ1v) is 10.0. The van der Waals surface area contributed by atoms with Crippen molar-refractivity contribution in [3.05, 3.63) is 47.3 Å². The van der Waals surface area contributed by atoms with Gasteiger partial charge in [-0.25, -0.2) is 4.79 Å². The first-order chi connectivity index (χ1) is 12.5. The number of hydrogen-bond acceptors (Lipinski definition) is 2. The Hall–Kier alpha value is -1.97. The molecule has 0 aromatic heterocycles. The lowest BCUT2D eigenvalue weighted by atomic mass is 9.90. The number of amides is 1. The average molecular weight is 357 g/mol. The third-order valence-electron chi connectivity index (χ3n) is 6.35. The molecule has 4 heteroatoms. The van der Waals surface area contributed by atoms with Gasteiger partial charge in [0.15, 0.2) is 0 Å². The second kappa shape index (κ2) is 8.15. The molecular formula is C22H32N2O2. The van der Waals surface area contributed by atoms with Gasteiger partial charge in [-0.05, 0) is 49.3 Å². The van der Waals surface area contributed by atoms with Crippen molar-refractivity contribution >= 4 is 6.09 Å². The molecule has 1 aliphatic heterocycles. The van der Waals surface area contributed by atoms with Crippen molar-refractivity contribution < 1.29 is 9.90 Å². The lowest BCUT2D eigenvalue weighted by Gasteiger charge is -2.35. The second-order valence-electron chi connectivity index (χ2n) is 8.01. The van der Waals surface area contributed by atoms with Crippen LogP contribution in [0.4, 0.5) is 4.79 Å². The molecule has 1 N–H and O–H groups in total. The Labute approximate surface area is 157 Å². The van der Waals surface area contributed by atoms with Crippen LogP contribution in [0.3, 0.4) is 0 Å². The predicted molar refractivity (Wildman–Crippen MR) is 105 cm³/mol. The van der Waals surface area contributed by atoms with Gasteiger partial charge in [0.25, 0.3) is 0 Å². The Morgan fingerprint density at radius 2 is 1.96 bits per heavy atom. The minimum atomic E-state index is -0.873. The molecule has 0 radical (unpaired) electrons. The van der Waals surface area contributed by atoms with Gasteiger partial charge in [0.2, 0.25) is 0 Å². The highest BCUT2D eigenvalue weighted by Crippen LogP contribution is 2.34. The quantitative estimate of drug-likeness (QED) is 0.735. The molecule has 2 atom stereocenters. The molecule has 4 nitrogen and oxygen atoms in total. The van der Waals surface area contributed by atoms with E-state index in [1.807, 2.05) is 6.20 Å². The molecule has 0 saturated heterocycles. The van der Waals surface area contributed by atoms with Crippen molar-refractivity contribution in [3.63, 3.8) is 0 Å². The summed E-state index contributed by atoms with van der Waals surface area (Å²) in [6, 6.07) is 6.33. The van der Waals surface area contributed by atoms with Crippen LogP contribution < -0.4 is 0 Å². The van der Waals surface area contributed by atoms with Crippen LogP contribution in [0.5, 0.6) is 0 Å². The zero-order valence-corrected chi connectivity index (χ0v) is 16.3. The van der Waals surface area contributed by atoms with Crippen molar-refractivity contribution in [2.45, 2.75) is 71.4 Å². The van der Waals surface area contributed by atoms with Crippen LogP contribution in [-0.2, 0) is 0 Å². The van der Waals surface area contributed by atoms with Gasteiger partial charge in [-0.2, -0.15) is 0 Å². The van der Waals surface area contributed by atoms with E-state index in [2.05, 4.69) is 43.9 Å². The molecular weight excluding hydrogens is 324 g/mol. The van der Waals surface area contributed by atoms with Crippen LogP contribution >= 0.6 is 0 Å². The topological polar surface area (TPSA) is 43.8 Å². The van der Waals surface area contributed by atoms with Crippen LogP contribution in [0.15, 0.2) is 30.6 Å². The SMILES string of the molecule is Cc1cccc([C@H](C)C2N(CCCC3CCCC3)C=CN2C(=O)O)c1C. The van der Waals surface area contributed by atoms with Gasteiger partial charge in [-0.1, -0.05) is 50.8 Å². The molecule has 1 aliphatic carbocycles. The maximum absolute atomic E-state index is 11.8. The van der Waals surface area contributed by atoms with Gasteiger partial charge in [-0.15, -0.1) is 0 Å². The molecule has 1 heterocycles. The first kappa shape index (κ1) is 18.8. The number of carboxylic acid groups (broad SMARTS) is 1. The molecule has 1 unspecified atom stereocenters. The van der Waals surface area contributed by atoms with Crippen molar-refractivity contribution in [2.24, 2.45) is 5.92 Å². The van der Waals surface area contributed by atoms with Gasteiger partial charge >= 0.3 is 6.09 Å². The third-order valence-corrected chi connectivity index (χ3v) is 6.35. The molecule has 26 heavy (non-hydrogen) atoms. The summed E-state index contributed by atoms with van der Waals surface area (Å²) in [5.74, 6) is 1.000. The minimum absolute atomic E-state index is 0.118. The number of carbonyl (C=O) groups is 1. The Kier molecular flexibility index (Phi) is 5.90. The largest absolute Gasteiger partial charge is 0.465 e. The summed E-state index contributed by atoms with van der Waals surface area (Å²) in [7, 11) is 0. The van der Waals surface area contributed by atoms with Crippen molar-refractivity contribution in [1.82, 2.24) is 9.80 Å². The number of benzene rings is 1. The summed E-state index contributed by atoms with van der Waals surface area (Å²) in [6.07, 6.45) is 10.6. The monoisotopic (exact) mass is 356 g/mol. The summed E-state index contributed by atoms with van der Waals surface area (Å²) < 4.78 is 0. The van der Waals surface area contributed by atoms with Crippen molar-refractivity contribution in [1.29, 1.82) is 0 Å². The average Bonchev–Trinajstić information content (AvgIpc) is 3.26. The van der Waals surface area contributed by atoms with Gasteiger partial charge in [0.1, 0.15) is 6.17 Å². The highest BCUT2D eigenvalue weighted by atomic mass is 16.4. The molecule has 0 bridgehead atoms.